The summed E-state index contributed by atoms with van der Waals surface area (Å²) in [5.74, 6) is 0. The van der Waals surface area contributed by atoms with Gasteiger partial charge in [0.25, 0.3) is 0 Å². The van der Waals surface area contributed by atoms with Gasteiger partial charge in [-0.25, -0.2) is 0 Å². The van der Waals surface area contributed by atoms with Gasteiger partial charge in [-0.3, -0.25) is 0 Å². The summed E-state index contributed by atoms with van der Waals surface area (Å²) in [5.41, 5.74) is 3.91. The molecule has 0 fully saturated rings. The van der Waals surface area contributed by atoms with Crippen molar-refractivity contribution in [1.29, 1.82) is 0 Å². The highest BCUT2D eigenvalue weighted by Gasteiger charge is 2.10. The molecule has 1 aromatic carbocycles. The van der Waals surface area contributed by atoms with E-state index in [2.05, 4.69) is 44.2 Å². The first-order chi connectivity index (χ1) is 8.27. The van der Waals surface area contributed by atoms with E-state index in [0.29, 0.717) is 0 Å². The fourth-order valence-electron chi connectivity index (χ4n) is 2.72. The topological polar surface area (TPSA) is 0 Å². The molecule has 1 atom stereocenters. The third-order valence-corrected chi connectivity index (χ3v) is 6.46. The molecule has 0 radical (unpaired) electrons. The van der Waals surface area contributed by atoms with E-state index < -0.39 is 0 Å². The maximum atomic E-state index is 2.52. The van der Waals surface area contributed by atoms with E-state index in [1.54, 1.807) is 10.8 Å². The minimum Gasteiger partial charge on any atom is -0.0886 e. The van der Waals surface area contributed by atoms with Crippen molar-refractivity contribution in [3.63, 3.8) is 0 Å². The maximum Gasteiger partial charge on any atom is 0.0620 e. The third-order valence-electron chi connectivity index (χ3n) is 4.05. The van der Waals surface area contributed by atoms with Gasteiger partial charge in [-0.15, -0.1) is 0 Å². The summed E-state index contributed by atoms with van der Waals surface area (Å²) < 4.78 is 0. The van der Waals surface area contributed by atoms with Gasteiger partial charge < -0.3 is 0 Å². The summed E-state index contributed by atoms with van der Waals surface area (Å²) in [6, 6.07) is 6.83. The fraction of sp³-hybridized carbons (Fsp3) is 0.500. The van der Waals surface area contributed by atoms with Gasteiger partial charge in [-0.1, -0.05) is 48.4 Å². The lowest BCUT2D eigenvalue weighted by Crippen LogP contribution is -2.22. The Kier molecular flexibility index (Phi) is 4.61. The number of hydrogen-bond acceptors (Lipinski definition) is 0. The molecule has 0 aromatic heterocycles. The van der Waals surface area contributed by atoms with Gasteiger partial charge in [0.1, 0.15) is 0 Å². The van der Waals surface area contributed by atoms with E-state index in [9.17, 15) is 0 Å². The second kappa shape index (κ2) is 6.20. The van der Waals surface area contributed by atoms with Gasteiger partial charge in [0, 0.05) is 0 Å². The zero-order chi connectivity index (χ0) is 12.1. The van der Waals surface area contributed by atoms with Crippen molar-refractivity contribution in [2.75, 3.05) is 0 Å². The van der Waals surface area contributed by atoms with Gasteiger partial charge in [-0.2, -0.15) is 0 Å². The van der Waals surface area contributed by atoms with Crippen LogP contribution in [0.15, 0.2) is 30.4 Å². The molecule has 1 heteroatoms. The molecule has 0 spiro atoms. The molecular weight excluding hydrogens is 220 g/mol. The Morgan fingerprint density at radius 2 is 2.00 bits per heavy atom. The van der Waals surface area contributed by atoms with Crippen molar-refractivity contribution >= 4 is 14.7 Å². The lowest BCUT2D eigenvalue weighted by molar-refractivity contribution is 0.636. The first-order valence-corrected chi connectivity index (χ1v) is 8.51. The zero-order valence-electron chi connectivity index (χ0n) is 11.2. The van der Waals surface area contributed by atoms with Crippen LogP contribution < -0.4 is 5.19 Å². The van der Waals surface area contributed by atoms with E-state index in [4.69, 9.17) is 0 Å². The number of benzene rings is 1. The van der Waals surface area contributed by atoms with Gasteiger partial charge in [0.05, 0.1) is 9.52 Å². The van der Waals surface area contributed by atoms with Crippen LogP contribution in [0.25, 0.3) is 0 Å². The minimum absolute atomic E-state index is 0.132. The van der Waals surface area contributed by atoms with Crippen molar-refractivity contribution in [1.82, 2.24) is 0 Å². The molecule has 0 aliphatic heterocycles. The van der Waals surface area contributed by atoms with Crippen molar-refractivity contribution in [2.45, 2.75) is 51.5 Å². The summed E-state index contributed by atoms with van der Waals surface area (Å²) in [5, 5.41) is 1.68. The summed E-state index contributed by atoms with van der Waals surface area (Å²) >= 11 is 0. The smallest absolute Gasteiger partial charge is 0.0620 e. The third kappa shape index (κ3) is 3.57. The molecule has 1 aromatic rings. The standard InChI is InChI=1S/C16H24Si/c1-13-9-8-12-16(14(13)2)17-15-10-6-4-3-5-7-11-15/h6,8-10,12,15H,3-5,7,11,17H2,1-2H3. The van der Waals surface area contributed by atoms with Gasteiger partial charge >= 0.3 is 0 Å². The van der Waals surface area contributed by atoms with Crippen molar-refractivity contribution in [3.05, 3.63) is 41.5 Å². The second-order valence-electron chi connectivity index (χ2n) is 5.39. The van der Waals surface area contributed by atoms with E-state index in [-0.39, 0.29) is 9.52 Å². The second-order valence-corrected chi connectivity index (χ2v) is 7.61. The summed E-state index contributed by atoms with van der Waals surface area (Å²) in [4.78, 5) is 0. The number of hydrogen-bond donors (Lipinski definition) is 0. The van der Waals surface area contributed by atoms with Crippen LogP contribution >= 0.6 is 0 Å². The molecule has 0 nitrogen and oxygen atoms in total. The molecule has 0 N–H and O–H groups in total. The Morgan fingerprint density at radius 1 is 1.12 bits per heavy atom. The molecular formula is C16H24Si. The predicted octanol–water partition coefficient (Wildman–Crippen LogP) is 3.41. The number of rotatable bonds is 2. The van der Waals surface area contributed by atoms with Crippen LogP contribution in [0, 0.1) is 13.8 Å². The molecule has 0 heterocycles. The fourth-order valence-corrected chi connectivity index (χ4v) is 4.96. The molecule has 0 amide bonds. The Bertz CT molecular complexity index is 393. The molecule has 1 aliphatic rings. The normalized spacial score (nSPS) is 21.6. The summed E-state index contributed by atoms with van der Waals surface area (Å²) in [6.45, 7) is 4.53. The number of aryl methyl sites for hydroxylation is 1. The zero-order valence-corrected chi connectivity index (χ0v) is 12.6. The summed E-state index contributed by atoms with van der Waals surface area (Å²) in [7, 11) is -0.132. The van der Waals surface area contributed by atoms with Gasteiger partial charge in [-0.05, 0) is 49.8 Å². The van der Waals surface area contributed by atoms with Gasteiger partial charge in [0.2, 0.25) is 0 Å². The highest BCUT2D eigenvalue weighted by Crippen LogP contribution is 2.21. The molecule has 1 aliphatic carbocycles. The molecule has 1 unspecified atom stereocenters. The SMILES string of the molecule is Cc1cccc([SiH2]C2C=CCCCCC2)c1C. The van der Waals surface area contributed by atoms with Crippen LogP contribution in [-0.2, 0) is 0 Å². The first kappa shape index (κ1) is 12.6. The highest BCUT2D eigenvalue weighted by atomic mass is 28.2. The quantitative estimate of drug-likeness (QED) is 0.552. The molecule has 0 bridgehead atoms. The first-order valence-electron chi connectivity index (χ1n) is 6.99. The Balaban J connectivity index is 2.08. The monoisotopic (exact) mass is 244 g/mol. The number of allylic oxidation sites excluding steroid dienone is 2. The lowest BCUT2D eigenvalue weighted by Gasteiger charge is -2.16. The van der Waals surface area contributed by atoms with Crippen LogP contribution in [0.4, 0.5) is 0 Å². The van der Waals surface area contributed by atoms with Crippen molar-refractivity contribution in [3.8, 4) is 0 Å². The largest absolute Gasteiger partial charge is 0.0886 e. The van der Waals surface area contributed by atoms with Crippen LogP contribution in [0.2, 0.25) is 5.54 Å². The molecule has 2 rings (SSSR count). The maximum absolute atomic E-state index is 2.52. The Morgan fingerprint density at radius 3 is 2.88 bits per heavy atom. The molecule has 92 valence electrons. The lowest BCUT2D eigenvalue weighted by atomic mass is 10.1. The van der Waals surface area contributed by atoms with Crippen LogP contribution in [0.3, 0.4) is 0 Å². The van der Waals surface area contributed by atoms with Crippen LogP contribution in [0.1, 0.15) is 43.2 Å². The van der Waals surface area contributed by atoms with E-state index in [1.807, 2.05) is 0 Å². The molecule has 17 heavy (non-hydrogen) atoms. The highest BCUT2D eigenvalue weighted by molar-refractivity contribution is 6.56. The van der Waals surface area contributed by atoms with Crippen molar-refractivity contribution < 1.29 is 0 Å². The predicted molar refractivity (Wildman–Crippen MR) is 80.1 cm³/mol. The van der Waals surface area contributed by atoms with E-state index in [1.165, 1.54) is 37.7 Å². The minimum atomic E-state index is -0.132. The molecule has 0 saturated carbocycles. The van der Waals surface area contributed by atoms with Gasteiger partial charge in [0.15, 0.2) is 0 Å². The summed E-state index contributed by atoms with van der Waals surface area (Å²) in [6.07, 6.45) is 12.0. The Labute approximate surface area is 108 Å². The molecule has 0 saturated heterocycles. The van der Waals surface area contributed by atoms with Crippen LogP contribution in [-0.4, -0.2) is 9.52 Å². The van der Waals surface area contributed by atoms with E-state index >= 15 is 0 Å². The van der Waals surface area contributed by atoms with Crippen molar-refractivity contribution in [2.24, 2.45) is 0 Å². The average Bonchev–Trinajstić information content (AvgIpc) is 2.28. The average molecular weight is 244 g/mol. The Hall–Kier alpha value is -0.823. The van der Waals surface area contributed by atoms with Crippen LogP contribution in [0.5, 0.6) is 0 Å². The van der Waals surface area contributed by atoms with E-state index in [0.717, 1.165) is 5.54 Å².